The molecular weight excluding hydrogens is 308 g/mol. The number of hydrogen-bond donors (Lipinski definition) is 3. The van der Waals surface area contributed by atoms with E-state index in [-0.39, 0.29) is 30.9 Å². The maximum Gasteiger partial charge on any atom is 0.246 e. The highest BCUT2D eigenvalue weighted by atomic mass is 16.5. The lowest BCUT2D eigenvalue weighted by atomic mass is 9.88. The maximum atomic E-state index is 12.2. The van der Waals surface area contributed by atoms with Gasteiger partial charge in [-0.1, -0.05) is 31.4 Å². The molecule has 1 heterocycles. The number of aliphatic hydroxyl groups excluding tert-OH is 1. The zero-order chi connectivity index (χ0) is 16.9. The molecule has 1 aliphatic carbocycles. The van der Waals surface area contributed by atoms with Crippen LogP contribution in [-0.4, -0.2) is 36.2 Å². The van der Waals surface area contributed by atoms with E-state index in [1.54, 1.807) is 24.3 Å². The molecule has 2 fully saturated rings. The fourth-order valence-electron chi connectivity index (χ4n) is 3.34. The average Bonchev–Trinajstić information content (AvgIpc) is 2.62. The molecule has 1 aromatic rings. The topological polar surface area (TPSA) is 87.7 Å². The summed E-state index contributed by atoms with van der Waals surface area (Å²) in [6.07, 6.45) is 4.56. The summed E-state index contributed by atoms with van der Waals surface area (Å²) in [7, 11) is 0. The van der Waals surface area contributed by atoms with Gasteiger partial charge in [-0.25, -0.2) is 0 Å². The van der Waals surface area contributed by atoms with Gasteiger partial charge >= 0.3 is 0 Å². The molecule has 2 amide bonds. The highest BCUT2D eigenvalue weighted by Crippen LogP contribution is 2.26. The second-order valence-electron chi connectivity index (χ2n) is 6.58. The lowest BCUT2D eigenvalue weighted by Gasteiger charge is -2.28. The Morgan fingerprint density at radius 1 is 1.21 bits per heavy atom. The molecule has 1 aliphatic heterocycles. The number of carbonyl (C=O) groups is 2. The third-order valence-electron chi connectivity index (χ3n) is 4.75. The smallest absolute Gasteiger partial charge is 0.246 e. The third kappa shape index (κ3) is 4.13. The van der Waals surface area contributed by atoms with E-state index in [1.807, 2.05) is 0 Å². The van der Waals surface area contributed by atoms with Crippen molar-refractivity contribution in [3.8, 4) is 0 Å². The summed E-state index contributed by atoms with van der Waals surface area (Å²) in [4.78, 5) is 23.6. The van der Waals surface area contributed by atoms with Crippen LogP contribution in [0.15, 0.2) is 24.3 Å². The van der Waals surface area contributed by atoms with Gasteiger partial charge in [-0.15, -0.1) is 0 Å². The molecule has 0 bridgehead atoms. The molecule has 1 saturated heterocycles. The Morgan fingerprint density at radius 3 is 2.58 bits per heavy atom. The van der Waals surface area contributed by atoms with Crippen molar-refractivity contribution < 1.29 is 19.4 Å². The molecule has 3 rings (SSSR count). The van der Waals surface area contributed by atoms with Gasteiger partial charge in [0.2, 0.25) is 11.8 Å². The average molecular weight is 332 g/mol. The van der Waals surface area contributed by atoms with Crippen LogP contribution < -0.4 is 10.6 Å². The molecule has 1 aromatic carbocycles. The van der Waals surface area contributed by atoms with E-state index in [9.17, 15) is 14.7 Å². The molecule has 1 saturated carbocycles. The first kappa shape index (κ1) is 16.9. The van der Waals surface area contributed by atoms with Crippen molar-refractivity contribution in [1.82, 2.24) is 5.32 Å². The van der Waals surface area contributed by atoms with Crippen LogP contribution in [0, 0.1) is 5.92 Å². The van der Waals surface area contributed by atoms with Gasteiger partial charge in [0.25, 0.3) is 0 Å². The fourth-order valence-corrected chi connectivity index (χ4v) is 3.34. The number of hydrogen-bond acceptors (Lipinski definition) is 4. The van der Waals surface area contributed by atoms with Crippen LogP contribution in [0.5, 0.6) is 0 Å². The lowest BCUT2D eigenvalue weighted by molar-refractivity contribution is -0.133. The highest BCUT2D eigenvalue weighted by molar-refractivity contribution is 5.92. The third-order valence-corrected chi connectivity index (χ3v) is 4.75. The molecule has 0 radical (unpaired) electrons. The minimum atomic E-state index is -0.836. The van der Waals surface area contributed by atoms with Gasteiger partial charge in [0.05, 0.1) is 12.6 Å². The van der Waals surface area contributed by atoms with Gasteiger partial charge in [0, 0.05) is 11.6 Å². The molecule has 0 aromatic heterocycles. The number of aliphatic hydroxyl groups is 1. The molecule has 0 spiro atoms. The van der Waals surface area contributed by atoms with E-state index in [2.05, 4.69) is 10.6 Å². The number of carbonyl (C=O) groups excluding carboxylic acids is 2. The largest absolute Gasteiger partial charge is 0.386 e. The number of morpholine rings is 1. The SMILES string of the molecule is O=C1COCC(C(O)c2ccc(NC(=O)C3CCCCC3)cc2)N1. The summed E-state index contributed by atoms with van der Waals surface area (Å²) >= 11 is 0. The van der Waals surface area contributed by atoms with E-state index in [0.717, 1.165) is 31.4 Å². The van der Waals surface area contributed by atoms with Crippen LogP contribution in [0.1, 0.15) is 43.8 Å². The minimum Gasteiger partial charge on any atom is -0.386 e. The number of ether oxygens (including phenoxy) is 1. The molecule has 3 N–H and O–H groups in total. The number of rotatable bonds is 4. The molecule has 6 nitrogen and oxygen atoms in total. The Hall–Kier alpha value is -1.92. The van der Waals surface area contributed by atoms with Crippen molar-refractivity contribution in [2.24, 2.45) is 5.92 Å². The Morgan fingerprint density at radius 2 is 1.92 bits per heavy atom. The van der Waals surface area contributed by atoms with Gasteiger partial charge in [0.15, 0.2) is 0 Å². The number of anilines is 1. The summed E-state index contributed by atoms with van der Waals surface area (Å²) in [5, 5.41) is 16.0. The molecule has 130 valence electrons. The Bertz CT molecular complexity index is 581. The Labute approximate surface area is 141 Å². The standard InChI is InChI=1S/C18H24N2O4/c21-16-11-24-10-15(20-16)17(22)12-6-8-14(9-7-12)19-18(23)13-4-2-1-3-5-13/h6-9,13,15,17,22H,1-5,10-11H2,(H,19,23)(H,20,21). The van der Waals surface area contributed by atoms with Gasteiger partial charge in [-0.05, 0) is 30.5 Å². The Balaban J connectivity index is 1.58. The molecule has 2 atom stereocenters. The van der Waals surface area contributed by atoms with E-state index in [0.29, 0.717) is 5.56 Å². The molecule has 6 heteroatoms. The summed E-state index contributed by atoms with van der Waals surface area (Å²) in [6, 6.07) is 6.65. The van der Waals surface area contributed by atoms with E-state index >= 15 is 0 Å². The van der Waals surface area contributed by atoms with Crippen molar-refractivity contribution >= 4 is 17.5 Å². The zero-order valence-corrected chi connectivity index (χ0v) is 13.7. The van der Waals surface area contributed by atoms with Crippen LogP contribution in [0.3, 0.4) is 0 Å². The molecule has 24 heavy (non-hydrogen) atoms. The van der Waals surface area contributed by atoms with E-state index in [4.69, 9.17) is 4.74 Å². The van der Waals surface area contributed by atoms with Gasteiger partial charge in [-0.2, -0.15) is 0 Å². The second kappa shape index (κ2) is 7.77. The minimum absolute atomic E-state index is 0.0371. The highest BCUT2D eigenvalue weighted by Gasteiger charge is 2.27. The van der Waals surface area contributed by atoms with Crippen molar-refractivity contribution in [3.05, 3.63) is 29.8 Å². The first-order valence-corrected chi connectivity index (χ1v) is 8.59. The molecule has 2 aliphatic rings. The first-order valence-electron chi connectivity index (χ1n) is 8.59. The summed E-state index contributed by atoms with van der Waals surface area (Å²) in [6.45, 7) is 0.322. The number of nitrogens with one attached hydrogen (secondary N) is 2. The van der Waals surface area contributed by atoms with Crippen molar-refractivity contribution in [3.63, 3.8) is 0 Å². The Kier molecular flexibility index (Phi) is 5.48. The lowest BCUT2D eigenvalue weighted by Crippen LogP contribution is -2.48. The van der Waals surface area contributed by atoms with Gasteiger partial charge < -0.3 is 20.5 Å². The van der Waals surface area contributed by atoms with Crippen LogP contribution in [0.25, 0.3) is 0 Å². The molecule has 2 unspecified atom stereocenters. The normalized spacial score (nSPS) is 23.4. The van der Waals surface area contributed by atoms with Crippen LogP contribution in [0.2, 0.25) is 0 Å². The van der Waals surface area contributed by atoms with Crippen LogP contribution >= 0.6 is 0 Å². The summed E-state index contributed by atoms with van der Waals surface area (Å²) in [5.74, 6) is -0.0313. The van der Waals surface area contributed by atoms with E-state index in [1.165, 1.54) is 6.42 Å². The monoisotopic (exact) mass is 332 g/mol. The van der Waals surface area contributed by atoms with E-state index < -0.39 is 12.1 Å². The van der Waals surface area contributed by atoms with Crippen molar-refractivity contribution in [2.75, 3.05) is 18.5 Å². The fraction of sp³-hybridized carbons (Fsp3) is 0.556. The summed E-state index contributed by atoms with van der Waals surface area (Å²) in [5.41, 5.74) is 1.41. The predicted octanol–water partition coefficient (Wildman–Crippen LogP) is 1.75. The van der Waals surface area contributed by atoms with Gasteiger partial charge in [-0.3, -0.25) is 9.59 Å². The molecular formula is C18H24N2O4. The zero-order valence-electron chi connectivity index (χ0n) is 13.7. The first-order chi connectivity index (χ1) is 11.6. The number of benzene rings is 1. The van der Waals surface area contributed by atoms with Crippen molar-refractivity contribution in [1.29, 1.82) is 0 Å². The van der Waals surface area contributed by atoms with Crippen LogP contribution in [0.4, 0.5) is 5.69 Å². The summed E-state index contributed by atoms with van der Waals surface area (Å²) < 4.78 is 5.15. The van der Waals surface area contributed by atoms with Crippen LogP contribution in [-0.2, 0) is 14.3 Å². The quantitative estimate of drug-likeness (QED) is 0.784. The maximum absolute atomic E-state index is 12.2. The second-order valence-corrected chi connectivity index (χ2v) is 6.58. The number of amides is 2. The van der Waals surface area contributed by atoms with Crippen molar-refractivity contribution in [2.45, 2.75) is 44.2 Å². The predicted molar refractivity (Wildman–Crippen MR) is 89.4 cm³/mol. The van der Waals surface area contributed by atoms with Gasteiger partial charge in [0.1, 0.15) is 12.7 Å².